The first kappa shape index (κ1) is 17.6. The molecule has 1 rings (SSSR count). The molecule has 0 radical (unpaired) electrons. The van der Waals surface area contributed by atoms with Gasteiger partial charge in [0.25, 0.3) is 0 Å². The van der Waals surface area contributed by atoms with E-state index in [-0.39, 0.29) is 11.4 Å². The number of nitrogens with one attached hydrogen (secondary N) is 1. The van der Waals surface area contributed by atoms with Crippen LogP contribution >= 0.6 is 12.2 Å². The number of hydrogen-bond donors (Lipinski definition) is 2. The van der Waals surface area contributed by atoms with Crippen molar-refractivity contribution in [3.05, 3.63) is 29.6 Å². The lowest BCUT2D eigenvalue weighted by molar-refractivity contribution is -0.139. The molecule has 0 amide bonds. The second-order valence-corrected chi connectivity index (χ2v) is 6.47. The summed E-state index contributed by atoms with van der Waals surface area (Å²) in [5.74, 6) is -1.49. The van der Waals surface area contributed by atoms with Crippen LogP contribution in [-0.4, -0.2) is 18.7 Å². The van der Waals surface area contributed by atoms with E-state index < -0.39 is 38.5 Å². The quantitative estimate of drug-likeness (QED) is 0.636. The molecule has 3 N–H and O–H groups in total. The molecule has 1 atom stereocenters. The summed E-state index contributed by atoms with van der Waals surface area (Å²) in [6, 6.07) is 1.79. The molecule has 0 aliphatic heterocycles. The van der Waals surface area contributed by atoms with Crippen LogP contribution in [-0.2, 0) is 16.2 Å². The van der Waals surface area contributed by atoms with Gasteiger partial charge in [-0.15, -0.1) is 0 Å². The van der Waals surface area contributed by atoms with Crippen LogP contribution in [0, 0.1) is 5.82 Å². The van der Waals surface area contributed by atoms with E-state index in [1.54, 1.807) is 0 Å². The van der Waals surface area contributed by atoms with Crippen molar-refractivity contribution < 1.29 is 26.0 Å². The van der Waals surface area contributed by atoms with Crippen molar-refractivity contribution >= 4 is 32.9 Å². The summed E-state index contributed by atoms with van der Waals surface area (Å²) < 4.78 is 76.6. The van der Waals surface area contributed by atoms with Gasteiger partial charge in [0.1, 0.15) is 11.1 Å². The number of alkyl halides is 3. The van der Waals surface area contributed by atoms with Crippen LogP contribution in [0.4, 0.5) is 23.2 Å². The smallest absolute Gasteiger partial charge is 0.392 e. The van der Waals surface area contributed by atoms with Gasteiger partial charge in [0, 0.05) is 5.69 Å². The molecule has 0 aliphatic carbocycles. The van der Waals surface area contributed by atoms with Crippen molar-refractivity contribution in [1.29, 1.82) is 0 Å². The summed E-state index contributed by atoms with van der Waals surface area (Å²) in [7, 11) is -4.11. The molecule has 0 heterocycles. The number of sulfonamides is 1. The number of nitrogens with two attached hydrogens (primary N) is 1. The van der Waals surface area contributed by atoms with E-state index >= 15 is 0 Å². The average Bonchev–Trinajstić information content (AvgIpc) is 2.29. The molecule has 1 aromatic carbocycles. The number of benzene rings is 1. The van der Waals surface area contributed by atoms with Crippen molar-refractivity contribution in [2.24, 2.45) is 5.73 Å². The van der Waals surface area contributed by atoms with E-state index in [0.717, 1.165) is 6.07 Å². The summed E-state index contributed by atoms with van der Waals surface area (Å²) in [5, 5.41) is -1.23. The second kappa shape index (κ2) is 6.14. The molecule has 0 aromatic heterocycles. The number of thiocarbonyl (C=S) groups is 1. The van der Waals surface area contributed by atoms with E-state index in [2.05, 4.69) is 12.2 Å². The molecule has 0 bridgehead atoms. The van der Waals surface area contributed by atoms with Crippen LogP contribution < -0.4 is 10.5 Å². The SMILES string of the molecule is CCC(C(N)=S)S(=O)(=O)Nc1ccc(F)c(C(F)(F)F)c1. The van der Waals surface area contributed by atoms with Crippen molar-refractivity contribution in [2.75, 3.05) is 4.72 Å². The van der Waals surface area contributed by atoms with Gasteiger partial charge in [-0.05, 0) is 24.6 Å². The van der Waals surface area contributed by atoms with Crippen LogP contribution in [0.2, 0.25) is 0 Å². The second-order valence-electron chi connectivity index (χ2n) is 4.14. The Morgan fingerprint density at radius 1 is 1.43 bits per heavy atom. The van der Waals surface area contributed by atoms with Crippen molar-refractivity contribution in [2.45, 2.75) is 24.8 Å². The molecular formula is C11H12F4N2O2S2. The van der Waals surface area contributed by atoms with Gasteiger partial charge in [-0.2, -0.15) is 13.2 Å². The third kappa shape index (κ3) is 4.27. The highest BCUT2D eigenvalue weighted by Crippen LogP contribution is 2.33. The highest BCUT2D eigenvalue weighted by atomic mass is 32.2. The van der Waals surface area contributed by atoms with Crippen LogP contribution in [0.3, 0.4) is 0 Å². The highest BCUT2D eigenvalue weighted by molar-refractivity contribution is 7.95. The lowest BCUT2D eigenvalue weighted by Crippen LogP contribution is -2.37. The topological polar surface area (TPSA) is 72.2 Å². The minimum atomic E-state index is -4.93. The Hall–Kier alpha value is -1.42. The van der Waals surface area contributed by atoms with Crippen LogP contribution in [0.5, 0.6) is 0 Å². The predicted octanol–water partition coefficient (Wildman–Crippen LogP) is 2.65. The van der Waals surface area contributed by atoms with E-state index in [0.29, 0.717) is 12.1 Å². The third-order valence-corrected chi connectivity index (χ3v) is 4.88. The van der Waals surface area contributed by atoms with Crippen molar-refractivity contribution in [3.63, 3.8) is 0 Å². The Balaban J connectivity index is 3.17. The Labute approximate surface area is 124 Å². The van der Waals surface area contributed by atoms with E-state index in [1.165, 1.54) is 6.92 Å². The number of halogens is 4. The normalized spacial score (nSPS) is 13.8. The average molecular weight is 344 g/mol. The van der Waals surface area contributed by atoms with Crippen LogP contribution in [0.15, 0.2) is 18.2 Å². The van der Waals surface area contributed by atoms with Gasteiger partial charge in [-0.3, -0.25) is 4.72 Å². The summed E-state index contributed by atoms with van der Waals surface area (Å²) in [5.41, 5.74) is 3.30. The molecule has 0 fully saturated rings. The molecule has 10 heteroatoms. The first-order valence-electron chi connectivity index (χ1n) is 5.66. The maximum absolute atomic E-state index is 13.1. The van der Waals surface area contributed by atoms with Gasteiger partial charge in [0.2, 0.25) is 10.0 Å². The standard InChI is InChI=1S/C11H12F4N2O2S2/c1-2-9(10(16)20)21(18,19)17-6-3-4-8(12)7(5-6)11(13,14)15/h3-5,9,17H,2H2,1H3,(H2,16,20). The number of anilines is 1. The van der Waals surface area contributed by atoms with Crippen LogP contribution in [0.1, 0.15) is 18.9 Å². The lowest BCUT2D eigenvalue weighted by atomic mass is 10.2. The Kier molecular flexibility index (Phi) is 5.16. The number of rotatable bonds is 5. The fourth-order valence-electron chi connectivity index (χ4n) is 1.61. The third-order valence-electron chi connectivity index (χ3n) is 2.59. The molecule has 0 saturated carbocycles. The number of hydrogen-bond acceptors (Lipinski definition) is 3. The van der Waals surface area contributed by atoms with Gasteiger partial charge >= 0.3 is 6.18 Å². The molecule has 0 aliphatic rings. The molecule has 0 spiro atoms. The summed E-state index contributed by atoms with van der Waals surface area (Å²) in [6.45, 7) is 1.51. The Morgan fingerprint density at radius 2 is 2.00 bits per heavy atom. The first-order chi connectivity index (χ1) is 9.49. The molecule has 4 nitrogen and oxygen atoms in total. The van der Waals surface area contributed by atoms with E-state index in [1.807, 2.05) is 4.72 Å². The maximum atomic E-state index is 13.1. The molecule has 1 aromatic rings. The first-order valence-corrected chi connectivity index (χ1v) is 7.62. The van der Waals surface area contributed by atoms with Crippen molar-refractivity contribution in [1.82, 2.24) is 0 Å². The molecule has 0 saturated heterocycles. The maximum Gasteiger partial charge on any atom is 0.419 e. The largest absolute Gasteiger partial charge is 0.419 e. The summed E-state index contributed by atoms with van der Waals surface area (Å²) >= 11 is 4.60. The zero-order valence-electron chi connectivity index (χ0n) is 10.7. The zero-order chi connectivity index (χ0) is 16.4. The fraction of sp³-hybridized carbons (Fsp3) is 0.364. The molecule has 1 unspecified atom stereocenters. The van der Waals surface area contributed by atoms with Gasteiger partial charge in [-0.25, -0.2) is 12.8 Å². The minimum absolute atomic E-state index is 0.0536. The van der Waals surface area contributed by atoms with E-state index in [4.69, 9.17) is 5.73 Å². The van der Waals surface area contributed by atoms with Gasteiger partial charge in [-0.1, -0.05) is 19.1 Å². The Bertz CT molecular complexity index is 644. The molecular weight excluding hydrogens is 332 g/mol. The van der Waals surface area contributed by atoms with Crippen molar-refractivity contribution in [3.8, 4) is 0 Å². The minimum Gasteiger partial charge on any atom is -0.392 e. The van der Waals surface area contributed by atoms with Gasteiger partial charge in [0.05, 0.1) is 10.6 Å². The molecule has 118 valence electrons. The van der Waals surface area contributed by atoms with Gasteiger partial charge < -0.3 is 5.73 Å². The lowest BCUT2D eigenvalue weighted by Gasteiger charge is -2.17. The predicted molar refractivity (Wildman–Crippen MR) is 74.8 cm³/mol. The van der Waals surface area contributed by atoms with Crippen LogP contribution in [0.25, 0.3) is 0 Å². The monoisotopic (exact) mass is 344 g/mol. The highest BCUT2D eigenvalue weighted by Gasteiger charge is 2.35. The van der Waals surface area contributed by atoms with Gasteiger partial charge in [0.15, 0.2) is 0 Å². The van der Waals surface area contributed by atoms with E-state index in [9.17, 15) is 26.0 Å². The summed E-state index contributed by atoms with van der Waals surface area (Å²) in [6.07, 6.45) is -4.88. The zero-order valence-corrected chi connectivity index (χ0v) is 12.4. The fourth-order valence-corrected chi connectivity index (χ4v) is 3.50. The molecule has 21 heavy (non-hydrogen) atoms. The Morgan fingerprint density at radius 3 is 2.43 bits per heavy atom. The summed E-state index contributed by atoms with van der Waals surface area (Å²) in [4.78, 5) is -0.303.